The number of Topliss-reactive ketones (excluding diaryl/α,β-unsaturated/α-hetero) is 1. The third-order valence-corrected chi connectivity index (χ3v) is 3.52. The fraction of sp³-hybridized carbons (Fsp3) is 0. The maximum Gasteiger partial charge on any atom is 0.210 e. The van der Waals surface area contributed by atoms with E-state index in [0.29, 0.717) is 0 Å². The lowest BCUT2D eigenvalue weighted by Crippen LogP contribution is -2.21. The van der Waals surface area contributed by atoms with Gasteiger partial charge in [0, 0.05) is 5.56 Å². The van der Waals surface area contributed by atoms with E-state index in [1.807, 2.05) is 0 Å². The van der Waals surface area contributed by atoms with E-state index in [1.54, 1.807) is 12.1 Å². The highest BCUT2D eigenvalue weighted by Crippen LogP contribution is 2.24. The lowest BCUT2D eigenvalue weighted by atomic mass is 10.1. The molecule has 2 rings (SSSR count). The van der Waals surface area contributed by atoms with Gasteiger partial charge in [0.05, 0.1) is 16.0 Å². The normalized spacial score (nSPS) is 18.6. The summed E-state index contributed by atoms with van der Waals surface area (Å²) in [6, 6.07) is 6.02. The fourth-order valence-corrected chi connectivity index (χ4v) is 2.65. The Morgan fingerprint density at radius 3 is 2.50 bits per heavy atom. The number of hydrogen-bond acceptors (Lipinski definition) is 4. The minimum atomic E-state index is -3.53. The Labute approximate surface area is 81.0 Å². The number of carbonyl (C=O) groups excluding carboxylic acids is 1. The highest BCUT2D eigenvalue weighted by atomic mass is 32.2. The van der Waals surface area contributed by atoms with Crippen molar-refractivity contribution in [1.82, 2.24) is 0 Å². The molecule has 72 valence electrons. The first kappa shape index (κ1) is 8.96. The molecule has 0 spiro atoms. The van der Waals surface area contributed by atoms with Crippen LogP contribution in [0.15, 0.2) is 40.3 Å². The second kappa shape index (κ2) is 2.68. The monoisotopic (exact) mass is 209 g/mol. The predicted octanol–water partition coefficient (Wildman–Crippen LogP) is 0.457. The van der Waals surface area contributed by atoms with Gasteiger partial charge >= 0.3 is 0 Å². The zero-order valence-corrected chi connectivity index (χ0v) is 7.91. The molecule has 0 unspecified atom stereocenters. The molecule has 1 aliphatic rings. The molecule has 1 heterocycles. The van der Waals surface area contributed by atoms with Gasteiger partial charge in [0.15, 0.2) is 0 Å². The number of benzene rings is 1. The Kier molecular flexibility index (Phi) is 1.72. The minimum absolute atomic E-state index is 0.0270. The Balaban J connectivity index is 2.84. The Morgan fingerprint density at radius 1 is 1.14 bits per heavy atom. The molecule has 1 aromatic rings. The molecule has 4 nitrogen and oxygen atoms in total. The van der Waals surface area contributed by atoms with Crippen LogP contribution in [0.3, 0.4) is 0 Å². The van der Waals surface area contributed by atoms with Gasteiger partial charge in [0.1, 0.15) is 0 Å². The minimum Gasteiger partial charge on any atom is -0.395 e. The van der Waals surface area contributed by atoms with Crippen molar-refractivity contribution in [3.05, 3.63) is 40.9 Å². The molecular formula is C9H7NO3S. The first-order chi connectivity index (χ1) is 6.52. The van der Waals surface area contributed by atoms with Crippen molar-refractivity contribution in [2.45, 2.75) is 4.90 Å². The van der Waals surface area contributed by atoms with Crippen molar-refractivity contribution in [1.29, 1.82) is 0 Å². The molecule has 0 aliphatic carbocycles. The second-order valence-electron chi connectivity index (χ2n) is 2.94. The third-order valence-electron chi connectivity index (χ3n) is 1.98. The van der Waals surface area contributed by atoms with Crippen molar-refractivity contribution in [2.75, 3.05) is 0 Å². The number of nitrogens with two attached hydrogens (primary N) is 1. The van der Waals surface area contributed by atoms with Crippen LogP contribution >= 0.6 is 0 Å². The predicted molar refractivity (Wildman–Crippen MR) is 50.2 cm³/mol. The van der Waals surface area contributed by atoms with Crippen LogP contribution < -0.4 is 5.73 Å². The highest BCUT2D eigenvalue weighted by Gasteiger charge is 2.27. The number of fused-ring (bicyclic) bond motifs is 1. The molecule has 0 radical (unpaired) electrons. The second-order valence-corrected chi connectivity index (χ2v) is 4.71. The van der Waals surface area contributed by atoms with E-state index in [2.05, 4.69) is 0 Å². The van der Waals surface area contributed by atoms with Gasteiger partial charge in [-0.3, -0.25) is 4.79 Å². The average molecular weight is 209 g/mol. The molecule has 0 saturated heterocycles. The zero-order chi connectivity index (χ0) is 10.3. The first-order valence-electron chi connectivity index (χ1n) is 3.88. The van der Waals surface area contributed by atoms with E-state index in [0.717, 1.165) is 5.41 Å². The fourth-order valence-electron chi connectivity index (χ4n) is 1.34. The lowest BCUT2D eigenvalue weighted by molar-refractivity contribution is 0.102. The van der Waals surface area contributed by atoms with Crippen molar-refractivity contribution < 1.29 is 13.2 Å². The van der Waals surface area contributed by atoms with E-state index in [4.69, 9.17) is 5.73 Å². The smallest absolute Gasteiger partial charge is 0.210 e. The third kappa shape index (κ3) is 1.13. The summed E-state index contributed by atoms with van der Waals surface area (Å²) in [6.45, 7) is 0. The van der Waals surface area contributed by atoms with Gasteiger partial charge in [-0.25, -0.2) is 8.42 Å². The molecule has 0 amide bonds. The van der Waals surface area contributed by atoms with Crippen LogP contribution in [0.2, 0.25) is 0 Å². The lowest BCUT2D eigenvalue weighted by Gasteiger charge is -2.12. The molecular weight excluding hydrogens is 202 g/mol. The molecule has 0 saturated carbocycles. The van der Waals surface area contributed by atoms with Gasteiger partial charge in [0.25, 0.3) is 0 Å². The molecule has 14 heavy (non-hydrogen) atoms. The number of rotatable bonds is 0. The van der Waals surface area contributed by atoms with Crippen LogP contribution in [0.25, 0.3) is 0 Å². The molecule has 5 heteroatoms. The van der Waals surface area contributed by atoms with E-state index in [-0.39, 0.29) is 16.2 Å². The van der Waals surface area contributed by atoms with Crippen molar-refractivity contribution in [3.8, 4) is 0 Å². The number of allylic oxidation sites excluding steroid dienone is 1. The molecule has 0 fully saturated rings. The van der Waals surface area contributed by atoms with Gasteiger partial charge in [-0.15, -0.1) is 0 Å². The van der Waals surface area contributed by atoms with Crippen LogP contribution in [0, 0.1) is 0 Å². The average Bonchev–Trinajstić information content (AvgIpc) is 2.14. The molecule has 2 N–H and O–H groups in total. The van der Waals surface area contributed by atoms with Crippen molar-refractivity contribution in [2.24, 2.45) is 5.73 Å². The van der Waals surface area contributed by atoms with Crippen LogP contribution in [0.5, 0.6) is 0 Å². The van der Waals surface area contributed by atoms with Crippen LogP contribution in [0.1, 0.15) is 10.4 Å². The Hall–Kier alpha value is -1.62. The SMILES string of the molecule is NC1=CS(=O)(=O)c2ccccc2C1=O. The van der Waals surface area contributed by atoms with E-state index in [9.17, 15) is 13.2 Å². The number of hydrogen-bond donors (Lipinski definition) is 1. The molecule has 1 aliphatic heterocycles. The Morgan fingerprint density at radius 2 is 1.79 bits per heavy atom. The van der Waals surface area contributed by atoms with Gasteiger partial charge in [0.2, 0.25) is 15.6 Å². The topological polar surface area (TPSA) is 77.2 Å². The summed E-state index contributed by atoms with van der Waals surface area (Å²) in [5.74, 6) is -0.435. The van der Waals surface area contributed by atoms with E-state index >= 15 is 0 Å². The summed E-state index contributed by atoms with van der Waals surface area (Å²) in [4.78, 5) is 11.5. The van der Waals surface area contributed by atoms with Gasteiger partial charge in [-0.2, -0.15) is 0 Å². The van der Waals surface area contributed by atoms with Crippen LogP contribution in [0.4, 0.5) is 0 Å². The maximum atomic E-state index is 11.5. The van der Waals surface area contributed by atoms with Crippen molar-refractivity contribution >= 4 is 15.6 Å². The van der Waals surface area contributed by atoms with Gasteiger partial charge in [-0.05, 0) is 12.1 Å². The van der Waals surface area contributed by atoms with Crippen LogP contribution in [-0.4, -0.2) is 14.2 Å². The quantitative estimate of drug-likeness (QED) is 0.673. The van der Waals surface area contributed by atoms with Gasteiger partial charge in [-0.1, -0.05) is 12.1 Å². The summed E-state index contributed by atoms with van der Waals surface area (Å²) in [5, 5.41) is 0.803. The summed E-state index contributed by atoms with van der Waals surface area (Å²) < 4.78 is 23.0. The van der Waals surface area contributed by atoms with Gasteiger partial charge < -0.3 is 5.73 Å². The molecule has 0 atom stereocenters. The maximum absolute atomic E-state index is 11.5. The van der Waals surface area contributed by atoms with Crippen LogP contribution in [-0.2, 0) is 9.84 Å². The number of ketones is 1. The number of sulfone groups is 1. The largest absolute Gasteiger partial charge is 0.395 e. The molecule has 0 aromatic heterocycles. The summed E-state index contributed by atoms with van der Waals surface area (Å²) in [6.07, 6.45) is 0. The van der Waals surface area contributed by atoms with Crippen molar-refractivity contribution in [3.63, 3.8) is 0 Å². The Bertz CT molecular complexity index is 543. The molecule has 1 aromatic carbocycles. The van der Waals surface area contributed by atoms with E-state index in [1.165, 1.54) is 12.1 Å². The van der Waals surface area contributed by atoms with E-state index < -0.39 is 15.6 Å². The highest BCUT2D eigenvalue weighted by molar-refractivity contribution is 7.94. The zero-order valence-electron chi connectivity index (χ0n) is 7.10. The number of carbonyl (C=O) groups is 1. The molecule has 0 bridgehead atoms. The summed E-state index contributed by atoms with van der Waals surface area (Å²) >= 11 is 0. The summed E-state index contributed by atoms with van der Waals surface area (Å²) in [5.41, 5.74) is 5.21. The summed E-state index contributed by atoms with van der Waals surface area (Å²) in [7, 11) is -3.53. The first-order valence-corrected chi connectivity index (χ1v) is 5.43. The standard InChI is InChI=1S/C9H7NO3S/c10-7-5-14(12,13)8-4-2-1-3-6(8)9(7)11/h1-5H,10H2.